The first-order valence-electron chi connectivity index (χ1n) is 33.2. The third-order valence-electron chi connectivity index (χ3n) is 15.8. The van der Waals surface area contributed by atoms with E-state index in [1.165, 1.54) is 99.7 Å². The van der Waals surface area contributed by atoms with Gasteiger partial charge in [-0.2, -0.15) is 14.6 Å². The van der Waals surface area contributed by atoms with E-state index in [1.54, 1.807) is 33.6 Å². The molecule has 2 aliphatic heterocycles. The molecule has 0 radical (unpaired) electrons. The molecule has 0 unspecified atom stereocenters. The summed E-state index contributed by atoms with van der Waals surface area (Å²) in [5.41, 5.74) is 7.89. The summed E-state index contributed by atoms with van der Waals surface area (Å²) in [6.45, 7) is 25.3. The van der Waals surface area contributed by atoms with Crippen LogP contribution in [0.5, 0.6) is 0 Å². The molecule has 0 aliphatic carbocycles. The molecule has 0 saturated heterocycles. The molecule has 0 bridgehead atoms. The topological polar surface area (TPSA) is 93.6 Å². The highest BCUT2D eigenvalue weighted by molar-refractivity contribution is 7.12. The van der Waals surface area contributed by atoms with Crippen molar-refractivity contribution >= 4 is 51.3 Å². The molecule has 6 heterocycles. The number of nitrogens with zero attached hydrogens (tertiary/aromatic N) is 8. The Hall–Kier alpha value is -8.67. The van der Waals surface area contributed by atoms with Gasteiger partial charge in [-0.25, -0.2) is 67.6 Å². The summed E-state index contributed by atoms with van der Waals surface area (Å²) in [7, 11) is 0. The Morgan fingerprint density at radius 3 is 1.26 bits per heavy atom. The Bertz CT molecular complexity index is 4050. The zero-order valence-corrected chi connectivity index (χ0v) is 61.3. The number of thiazole rings is 1. The van der Waals surface area contributed by atoms with Crippen LogP contribution < -0.4 is 0 Å². The van der Waals surface area contributed by atoms with Crippen LogP contribution in [0, 0.1) is 81.6 Å². The standard InChI is InChI=1S/C14H15F2N.C14H14F2S.2C13H14F2N2.C13H13F2NS.C12H12F2N2S/c1-9(2)11-6-13(17-8-11)5-10-3-4-12(15)7-14(10)16;1-9(2)14-6-5-12(17-14)7-10-3-4-11(15)8-13(10)16;1-9(2)13-7-17(8-16-13)6-10-3-4-11(14)5-12(10)15;1-8(2)13-7-11(16-17-13)5-9-3-4-10(14)6-12(9)15;1-8(2)12-7-16-13(17-12)5-9-3-4-10(14)6-11(9)15;1-7(2)12-15-11(16-17-12)5-8-3-4-9(13)6-10(8)14/h3-4,7-9H,5-6H2,1-2H3;3-6,8-9H,7H2,1-2H3;3-5,7-9H,6H2,1-2H3;3-4,6,8H,5,7H2,1-2H3;3-4,6-8H,5H2,1-2H3;3-4,6-7H,5H2,1-2H3. The van der Waals surface area contributed by atoms with Crippen LogP contribution in [-0.2, 0) is 38.6 Å². The smallest absolute Gasteiger partial charge is 0.147 e. The molecule has 0 saturated carbocycles. The van der Waals surface area contributed by atoms with Gasteiger partial charge in [-0.05, 0) is 123 Å². The highest BCUT2D eigenvalue weighted by atomic mass is 32.1. The number of halogens is 12. The SMILES string of the molecule is CC(C)C1=CN=C(Cc2ccc(F)cc2F)C1.CC(C)C1=NN=C(Cc2ccc(F)cc2F)C1.CC(C)c1ccc(Cc2ccc(F)cc2F)s1.CC(C)c1cn(Cc2ccc(F)cc2F)cn1.CC(C)c1cnc(Cc2ccc(F)cc2F)s1.CC(C)c1nc(Cc2ccc(F)cc2F)ns1. The summed E-state index contributed by atoms with van der Waals surface area (Å²) in [6, 6.07) is 26.0. The highest BCUT2D eigenvalue weighted by Crippen LogP contribution is 2.29. The number of imidazole rings is 1. The minimum Gasteiger partial charge on any atom is -0.333 e. The van der Waals surface area contributed by atoms with Crippen LogP contribution in [0.15, 0.2) is 167 Å². The maximum absolute atomic E-state index is 13.5. The normalized spacial score (nSPS) is 12.5. The van der Waals surface area contributed by atoms with Crippen molar-refractivity contribution in [2.24, 2.45) is 27.0 Å². The van der Waals surface area contributed by atoms with Crippen LogP contribution in [0.4, 0.5) is 52.7 Å². The minimum absolute atomic E-state index is 0.301. The molecule has 0 spiro atoms. The molecule has 6 aromatic carbocycles. The van der Waals surface area contributed by atoms with Crippen molar-refractivity contribution in [1.29, 1.82) is 0 Å². The molecule has 0 N–H and O–H groups in total. The molecule has 4 aromatic heterocycles. The van der Waals surface area contributed by atoms with Gasteiger partial charge in [0, 0.05) is 137 Å². The summed E-state index contributed by atoms with van der Waals surface area (Å²) in [4.78, 5) is 20.7. The van der Waals surface area contributed by atoms with Crippen LogP contribution in [-0.4, -0.2) is 41.0 Å². The lowest BCUT2D eigenvalue weighted by Gasteiger charge is -2.07. The maximum Gasteiger partial charge on any atom is 0.147 e. The minimum atomic E-state index is -0.569. The maximum atomic E-state index is 13.5. The Kier molecular flexibility index (Phi) is 30.5. The van der Waals surface area contributed by atoms with Crippen molar-refractivity contribution < 1.29 is 52.7 Å². The van der Waals surface area contributed by atoms with Crippen LogP contribution in [0.25, 0.3) is 0 Å². The largest absolute Gasteiger partial charge is 0.333 e. The van der Waals surface area contributed by atoms with Crippen molar-refractivity contribution in [2.45, 2.75) is 158 Å². The Morgan fingerprint density at radius 1 is 0.412 bits per heavy atom. The van der Waals surface area contributed by atoms with Gasteiger partial charge >= 0.3 is 0 Å². The van der Waals surface area contributed by atoms with Gasteiger partial charge in [0.1, 0.15) is 80.6 Å². The molecule has 8 nitrogen and oxygen atoms in total. The predicted molar refractivity (Wildman–Crippen MR) is 387 cm³/mol. The Balaban J connectivity index is 0.000000172. The zero-order chi connectivity index (χ0) is 74.5. The third-order valence-corrected chi connectivity index (χ3v) is 19.6. The molecule has 2 aliphatic rings. The summed E-state index contributed by atoms with van der Waals surface area (Å²) in [5, 5.41) is 9.90. The number of benzene rings is 6. The summed E-state index contributed by atoms with van der Waals surface area (Å²) in [5.74, 6) is -3.37. The van der Waals surface area contributed by atoms with Gasteiger partial charge in [-0.15, -0.1) is 22.7 Å². The number of rotatable bonds is 18. The first-order chi connectivity index (χ1) is 48.4. The fraction of sp³-hybridized carbons (Fsp3) is 0.329. The second-order valence-electron chi connectivity index (χ2n) is 26.2. The van der Waals surface area contributed by atoms with Crippen molar-refractivity contribution in [3.63, 3.8) is 0 Å². The fourth-order valence-electron chi connectivity index (χ4n) is 9.74. The lowest BCUT2D eigenvalue weighted by Crippen LogP contribution is -2.11. The van der Waals surface area contributed by atoms with Gasteiger partial charge < -0.3 is 4.57 Å². The fourth-order valence-corrected chi connectivity index (χ4v) is 12.4. The first-order valence-corrected chi connectivity index (χ1v) is 35.6. The van der Waals surface area contributed by atoms with E-state index in [0.29, 0.717) is 120 Å². The van der Waals surface area contributed by atoms with Gasteiger partial charge in [-0.1, -0.05) is 119 Å². The zero-order valence-electron chi connectivity index (χ0n) is 58.8. The van der Waals surface area contributed by atoms with E-state index in [0.717, 1.165) is 80.5 Å². The lowest BCUT2D eigenvalue weighted by molar-refractivity contribution is 0.566. The highest BCUT2D eigenvalue weighted by Gasteiger charge is 2.20. The monoisotopic (exact) mass is 1470 g/mol. The molecular formula is C79H82F12N8S3. The van der Waals surface area contributed by atoms with Crippen molar-refractivity contribution in [3.05, 3.63) is 291 Å². The van der Waals surface area contributed by atoms with E-state index in [4.69, 9.17) is 0 Å². The van der Waals surface area contributed by atoms with Crippen LogP contribution in [0.3, 0.4) is 0 Å². The number of hydrogen-bond acceptors (Lipinski definition) is 10. The number of aromatic nitrogens is 5. The molecule has 0 atom stereocenters. The predicted octanol–water partition coefficient (Wildman–Crippen LogP) is 23.0. The Morgan fingerprint density at radius 2 is 0.873 bits per heavy atom. The molecule has 0 fully saturated rings. The van der Waals surface area contributed by atoms with Crippen molar-refractivity contribution in [1.82, 2.24) is 23.9 Å². The number of allylic oxidation sites excluding steroid dienone is 1. The van der Waals surface area contributed by atoms with Gasteiger partial charge in [0.05, 0.1) is 29.3 Å². The van der Waals surface area contributed by atoms with Gasteiger partial charge in [0.2, 0.25) is 0 Å². The van der Waals surface area contributed by atoms with Gasteiger partial charge in [0.25, 0.3) is 0 Å². The molecule has 540 valence electrons. The molecule has 12 rings (SSSR count). The van der Waals surface area contributed by atoms with Crippen LogP contribution >= 0.6 is 34.2 Å². The van der Waals surface area contributed by atoms with Crippen molar-refractivity contribution in [2.75, 3.05) is 0 Å². The summed E-state index contributed by atoms with van der Waals surface area (Å²) >= 11 is 4.59. The van der Waals surface area contributed by atoms with Crippen LogP contribution in [0.2, 0.25) is 0 Å². The molecule has 0 amide bonds. The number of thiophene rings is 1. The molecule has 10 aromatic rings. The van der Waals surface area contributed by atoms with E-state index >= 15 is 0 Å². The van der Waals surface area contributed by atoms with E-state index < -0.39 is 69.8 Å². The quantitative estimate of drug-likeness (QED) is 0.0800. The van der Waals surface area contributed by atoms with E-state index in [2.05, 4.69) is 96.0 Å². The third kappa shape index (κ3) is 25.4. The average Bonchev–Trinajstić information content (AvgIpc) is 1.66. The molecule has 23 heteroatoms. The first kappa shape index (κ1) is 80.6. The molecule has 102 heavy (non-hydrogen) atoms. The summed E-state index contributed by atoms with van der Waals surface area (Å²) < 4.78 is 163. The summed E-state index contributed by atoms with van der Waals surface area (Å²) in [6.07, 6.45) is 10.8. The van der Waals surface area contributed by atoms with Gasteiger partial charge in [-0.3, -0.25) is 4.99 Å². The van der Waals surface area contributed by atoms with E-state index in [9.17, 15) is 52.7 Å². The average molecular weight is 1470 g/mol. The van der Waals surface area contributed by atoms with Crippen molar-refractivity contribution in [3.8, 4) is 0 Å². The number of aliphatic imine (C=N–C) groups is 1. The second kappa shape index (κ2) is 38.6. The van der Waals surface area contributed by atoms with E-state index in [1.807, 2.05) is 52.4 Å². The molecular weight excluding hydrogens is 1390 g/mol. The lowest BCUT2D eigenvalue weighted by atomic mass is 9.97. The Labute approximate surface area is 601 Å². The second-order valence-corrected chi connectivity index (χ2v) is 29.3. The number of hydrogen-bond donors (Lipinski definition) is 0. The van der Waals surface area contributed by atoms with Crippen LogP contribution in [0.1, 0.15) is 189 Å². The van der Waals surface area contributed by atoms with E-state index in [-0.39, 0.29) is 0 Å². The van der Waals surface area contributed by atoms with Gasteiger partial charge in [0.15, 0.2) is 0 Å².